The zero-order valence-corrected chi connectivity index (χ0v) is 11.9. The second kappa shape index (κ2) is 4.41. The molecule has 3 unspecified atom stereocenters. The topological polar surface area (TPSA) is 121 Å². The molecule has 0 radical (unpaired) electrons. The summed E-state index contributed by atoms with van der Waals surface area (Å²) < 4.78 is 27.5. The van der Waals surface area contributed by atoms with Crippen molar-refractivity contribution in [1.29, 1.82) is 0 Å². The number of carboxylic acid groups (broad SMARTS) is 1. The van der Waals surface area contributed by atoms with E-state index in [1.54, 1.807) is 0 Å². The molecule has 3 aliphatic heterocycles. The second-order valence-electron chi connectivity index (χ2n) is 5.60. The minimum absolute atomic E-state index is 0.166. The summed E-state index contributed by atoms with van der Waals surface area (Å²) in [6, 6.07) is -2.31. The first-order valence-corrected chi connectivity index (χ1v) is 8.20. The molecule has 5 atom stereocenters. The maximum Gasteiger partial charge on any atom is 0.329 e. The highest BCUT2D eigenvalue weighted by Gasteiger charge is 2.66. The van der Waals surface area contributed by atoms with Crippen LogP contribution in [0.2, 0.25) is 0 Å². The van der Waals surface area contributed by atoms with Crippen molar-refractivity contribution in [3.8, 4) is 0 Å². The van der Waals surface area contributed by atoms with E-state index in [0.29, 0.717) is 13.0 Å². The highest BCUT2D eigenvalue weighted by Crippen LogP contribution is 2.45. The average Bonchev–Trinajstić information content (AvgIpc) is 2.70. The van der Waals surface area contributed by atoms with Crippen molar-refractivity contribution in [1.82, 2.24) is 9.80 Å². The maximum atomic E-state index is 12.1. The Hall–Kier alpha value is -1.68. The van der Waals surface area contributed by atoms with Crippen LogP contribution in [-0.4, -0.2) is 78.6 Å². The predicted molar refractivity (Wildman–Crippen MR) is 66.4 cm³/mol. The number of rotatable bonds is 4. The molecule has 0 spiro atoms. The van der Waals surface area contributed by atoms with Crippen molar-refractivity contribution in [3.05, 3.63) is 0 Å². The van der Waals surface area contributed by atoms with Crippen molar-refractivity contribution in [2.24, 2.45) is 5.92 Å². The molecule has 0 aromatic heterocycles. The minimum Gasteiger partial charge on any atom is -0.480 e. The standard InChI is InChI=1S/C11H14N2O7S/c1-21(18,19)20-6-2-5-3-12(4-14)9-7(5)13(10(9)15)8(6)11(16)17/h4-9H,2-3H2,1H3,(H,16,17)/t5-,6?,7?,8?,9+/m1/s1. The lowest BCUT2D eigenvalue weighted by atomic mass is 9.77. The average molecular weight is 318 g/mol. The number of carbonyl (C=O) groups excluding carboxylic acids is 2. The molecule has 0 bridgehead atoms. The lowest BCUT2D eigenvalue weighted by Gasteiger charge is -2.53. The number of aliphatic carboxylic acids is 1. The van der Waals surface area contributed by atoms with Crippen LogP contribution in [0.25, 0.3) is 0 Å². The molecule has 9 nitrogen and oxygen atoms in total. The number of carboxylic acids is 1. The van der Waals surface area contributed by atoms with Gasteiger partial charge in [0.05, 0.1) is 12.3 Å². The fourth-order valence-electron chi connectivity index (χ4n) is 3.68. The number of likely N-dealkylation sites (tertiary alicyclic amines) is 1. The Bertz CT molecular complexity index is 618. The number of hydrogen-bond donors (Lipinski definition) is 1. The number of piperidine rings is 1. The highest BCUT2D eigenvalue weighted by molar-refractivity contribution is 7.86. The van der Waals surface area contributed by atoms with E-state index >= 15 is 0 Å². The van der Waals surface area contributed by atoms with Gasteiger partial charge in [0.1, 0.15) is 12.1 Å². The van der Waals surface area contributed by atoms with E-state index in [1.165, 1.54) is 4.90 Å². The van der Waals surface area contributed by atoms with E-state index in [-0.39, 0.29) is 18.4 Å². The third kappa shape index (κ3) is 2.01. The lowest BCUT2D eigenvalue weighted by molar-refractivity contribution is -0.180. The van der Waals surface area contributed by atoms with Gasteiger partial charge in [0, 0.05) is 12.5 Å². The van der Waals surface area contributed by atoms with E-state index < -0.39 is 40.2 Å². The first-order chi connectivity index (χ1) is 9.74. The number of carbonyl (C=O) groups is 3. The summed E-state index contributed by atoms with van der Waals surface area (Å²) in [5.41, 5.74) is 0. The van der Waals surface area contributed by atoms with Crippen LogP contribution in [0.3, 0.4) is 0 Å². The molecule has 3 rings (SSSR count). The van der Waals surface area contributed by atoms with E-state index in [0.717, 1.165) is 11.2 Å². The summed E-state index contributed by atoms with van der Waals surface area (Å²) in [7, 11) is -3.85. The Balaban J connectivity index is 1.93. The molecular formula is C11H14N2O7S. The molecule has 0 aliphatic carbocycles. The zero-order valence-electron chi connectivity index (χ0n) is 11.1. The van der Waals surface area contributed by atoms with Crippen molar-refractivity contribution in [2.75, 3.05) is 12.8 Å². The van der Waals surface area contributed by atoms with Crippen LogP contribution in [-0.2, 0) is 28.7 Å². The van der Waals surface area contributed by atoms with Crippen LogP contribution >= 0.6 is 0 Å². The maximum absolute atomic E-state index is 12.1. The molecule has 3 aliphatic rings. The number of amides is 2. The van der Waals surface area contributed by atoms with E-state index in [4.69, 9.17) is 4.18 Å². The van der Waals surface area contributed by atoms with Crippen LogP contribution in [0, 0.1) is 5.92 Å². The summed E-state index contributed by atoms with van der Waals surface area (Å²) in [5.74, 6) is -1.94. The SMILES string of the molecule is CS(=O)(=O)OC1C[C@@H]2CN(C=O)[C@@H]3C(=O)N(C1C(=O)O)C23. The largest absolute Gasteiger partial charge is 0.480 e. The fourth-order valence-corrected chi connectivity index (χ4v) is 4.31. The van der Waals surface area contributed by atoms with E-state index in [2.05, 4.69) is 0 Å². The van der Waals surface area contributed by atoms with E-state index in [1.807, 2.05) is 0 Å². The van der Waals surface area contributed by atoms with Gasteiger partial charge in [-0.25, -0.2) is 4.79 Å². The molecule has 10 heteroatoms. The third-order valence-corrected chi connectivity index (χ3v) is 4.91. The van der Waals surface area contributed by atoms with Crippen LogP contribution in [0.15, 0.2) is 0 Å². The zero-order chi connectivity index (χ0) is 15.5. The Morgan fingerprint density at radius 3 is 2.67 bits per heavy atom. The van der Waals surface area contributed by atoms with Gasteiger partial charge in [0.25, 0.3) is 10.1 Å². The summed E-state index contributed by atoms with van der Waals surface area (Å²) >= 11 is 0. The first-order valence-electron chi connectivity index (χ1n) is 6.39. The van der Waals surface area contributed by atoms with Gasteiger partial charge in [0.2, 0.25) is 12.3 Å². The molecule has 3 fully saturated rings. The summed E-state index contributed by atoms with van der Waals surface area (Å²) in [4.78, 5) is 37.0. The van der Waals surface area contributed by atoms with Gasteiger partial charge in [-0.05, 0) is 6.42 Å². The van der Waals surface area contributed by atoms with Gasteiger partial charge < -0.3 is 14.9 Å². The molecule has 0 aromatic rings. The highest BCUT2D eigenvalue weighted by atomic mass is 32.2. The number of hydrogen-bond acceptors (Lipinski definition) is 6. The normalized spacial score (nSPS) is 38.0. The lowest BCUT2D eigenvalue weighted by Crippen LogP contribution is -2.75. The van der Waals surface area contributed by atoms with Gasteiger partial charge in [0.15, 0.2) is 6.04 Å². The van der Waals surface area contributed by atoms with Gasteiger partial charge >= 0.3 is 5.97 Å². The van der Waals surface area contributed by atoms with Gasteiger partial charge in [-0.15, -0.1) is 0 Å². The first kappa shape index (κ1) is 14.3. The Morgan fingerprint density at radius 2 is 2.14 bits per heavy atom. The van der Waals surface area contributed by atoms with E-state index in [9.17, 15) is 27.9 Å². The molecule has 0 saturated carbocycles. The number of nitrogens with zero attached hydrogens (tertiary/aromatic N) is 2. The van der Waals surface area contributed by atoms with Crippen LogP contribution < -0.4 is 0 Å². The van der Waals surface area contributed by atoms with Crippen LogP contribution in [0.5, 0.6) is 0 Å². The monoisotopic (exact) mass is 318 g/mol. The van der Waals surface area contributed by atoms with Gasteiger partial charge in [-0.3, -0.25) is 13.8 Å². The molecule has 21 heavy (non-hydrogen) atoms. The van der Waals surface area contributed by atoms with Crippen molar-refractivity contribution in [2.45, 2.75) is 30.7 Å². The summed E-state index contributed by atoms with van der Waals surface area (Å²) in [6.45, 7) is 0.303. The van der Waals surface area contributed by atoms with Crippen molar-refractivity contribution in [3.63, 3.8) is 0 Å². The molecule has 3 heterocycles. The molecule has 116 valence electrons. The third-order valence-electron chi connectivity index (χ3n) is 4.31. The molecular weight excluding hydrogens is 304 g/mol. The summed E-state index contributed by atoms with van der Waals surface area (Å²) in [5, 5.41) is 9.31. The molecule has 1 N–H and O–H groups in total. The quantitative estimate of drug-likeness (QED) is 0.356. The van der Waals surface area contributed by atoms with Gasteiger partial charge in [-0.1, -0.05) is 0 Å². The summed E-state index contributed by atoms with van der Waals surface area (Å²) in [6.07, 6.45) is 0.459. The Morgan fingerprint density at radius 1 is 1.48 bits per heavy atom. The Kier molecular flexibility index (Phi) is 2.99. The van der Waals surface area contributed by atoms with Crippen LogP contribution in [0.4, 0.5) is 0 Å². The smallest absolute Gasteiger partial charge is 0.329 e. The molecule has 3 saturated heterocycles. The molecule has 2 amide bonds. The molecule has 0 aromatic carbocycles. The van der Waals surface area contributed by atoms with Crippen LogP contribution in [0.1, 0.15) is 6.42 Å². The van der Waals surface area contributed by atoms with Crippen molar-refractivity contribution < 1.29 is 32.1 Å². The predicted octanol–water partition coefficient (Wildman–Crippen LogP) is -2.14. The van der Waals surface area contributed by atoms with Gasteiger partial charge in [-0.2, -0.15) is 8.42 Å². The fraction of sp³-hybridized carbons (Fsp3) is 0.727. The Labute approximate surface area is 120 Å². The van der Waals surface area contributed by atoms with Crippen molar-refractivity contribution >= 4 is 28.4 Å². The second-order valence-corrected chi connectivity index (χ2v) is 7.20. The number of β-lactam (4-membered cyclic amide) rings is 1. The minimum atomic E-state index is -3.85.